The molecule has 13 heteroatoms. The number of nitrogens with two attached hydrogens (primary N) is 1. The van der Waals surface area contributed by atoms with Gasteiger partial charge >= 0.3 is 12.4 Å². The second-order valence-corrected chi connectivity index (χ2v) is 10.5. The number of nitrogens with one attached hydrogen (secondary N) is 1. The number of hydrogen-bond acceptors (Lipinski definition) is 4. The fraction of sp³-hybridized carbons (Fsp3) is 0.464. The highest BCUT2D eigenvalue weighted by atomic mass is 19.4. The minimum Gasteiger partial charge on any atom is -0.369 e. The largest absolute Gasteiger partial charge is 0.416 e. The monoisotopic (exact) mass is 587 g/mol. The maximum atomic E-state index is 14.8. The van der Waals surface area contributed by atoms with Crippen LogP contribution in [0.2, 0.25) is 0 Å². The quantitative estimate of drug-likeness (QED) is 0.382. The molecule has 0 unspecified atom stereocenters. The summed E-state index contributed by atoms with van der Waals surface area (Å²) in [6.45, 7) is -0.432. The molecule has 1 fully saturated rings. The lowest BCUT2D eigenvalue weighted by Gasteiger charge is -2.30. The van der Waals surface area contributed by atoms with Crippen LogP contribution in [-0.4, -0.2) is 36.4 Å². The van der Waals surface area contributed by atoms with E-state index in [-0.39, 0.29) is 29.3 Å². The SMILES string of the molecule is NC(=O)[C@@H](CC1CC1)[C@@H](CCC(F)(F)F)C(=O)N[C@H]1CN(c2cccc(C(F)(F)F)c2)c2cccc(F)c2CC1=O. The van der Waals surface area contributed by atoms with E-state index in [9.17, 15) is 45.1 Å². The molecule has 1 saturated carbocycles. The Morgan fingerprint density at radius 2 is 1.71 bits per heavy atom. The molecule has 0 spiro atoms. The van der Waals surface area contributed by atoms with Gasteiger partial charge < -0.3 is 16.0 Å². The molecule has 1 aliphatic heterocycles. The Morgan fingerprint density at radius 3 is 2.32 bits per heavy atom. The summed E-state index contributed by atoms with van der Waals surface area (Å²) in [7, 11) is 0. The predicted octanol–water partition coefficient (Wildman–Crippen LogP) is 5.45. The van der Waals surface area contributed by atoms with E-state index in [1.54, 1.807) is 0 Å². The summed E-state index contributed by atoms with van der Waals surface area (Å²) in [5, 5.41) is 2.42. The molecular weight excluding hydrogens is 559 g/mol. The van der Waals surface area contributed by atoms with Crippen molar-refractivity contribution in [1.29, 1.82) is 0 Å². The van der Waals surface area contributed by atoms with Gasteiger partial charge in [0.25, 0.3) is 0 Å². The number of hydrogen-bond donors (Lipinski definition) is 2. The average Bonchev–Trinajstić information content (AvgIpc) is 3.71. The van der Waals surface area contributed by atoms with Gasteiger partial charge in [-0.2, -0.15) is 26.3 Å². The number of benzene rings is 2. The van der Waals surface area contributed by atoms with Crippen LogP contribution in [0.1, 0.15) is 43.2 Å². The molecule has 2 aliphatic rings. The van der Waals surface area contributed by atoms with Crippen LogP contribution in [0.25, 0.3) is 0 Å². The lowest BCUT2D eigenvalue weighted by molar-refractivity contribution is -0.146. The zero-order valence-electron chi connectivity index (χ0n) is 21.7. The van der Waals surface area contributed by atoms with Crippen molar-refractivity contribution in [2.75, 3.05) is 11.4 Å². The van der Waals surface area contributed by atoms with E-state index < -0.39 is 85.0 Å². The van der Waals surface area contributed by atoms with Crippen molar-refractivity contribution in [3.63, 3.8) is 0 Å². The highest BCUT2D eigenvalue weighted by molar-refractivity contribution is 5.95. The Bertz CT molecular complexity index is 1310. The van der Waals surface area contributed by atoms with Crippen molar-refractivity contribution in [3.8, 4) is 0 Å². The number of alkyl halides is 6. The van der Waals surface area contributed by atoms with Crippen LogP contribution in [0.5, 0.6) is 0 Å². The van der Waals surface area contributed by atoms with Crippen LogP contribution in [0.3, 0.4) is 0 Å². The maximum Gasteiger partial charge on any atom is 0.416 e. The van der Waals surface area contributed by atoms with Crippen LogP contribution in [0, 0.1) is 23.6 Å². The van der Waals surface area contributed by atoms with Gasteiger partial charge in [0.15, 0.2) is 5.78 Å². The molecular formula is C28H28F7N3O3. The second-order valence-electron chi connectivity index (χ2n) is 10.5. The molecule has 2 aromatic carbocycles. The molecule has 2 amide bonds. The number of primary amides is 1. The zero-order chi connectivity index (χ0) is 30.1. The fourth-order valence-electron chi connectivity index (χ4n) is 5.18. The molecule has 0 bridgehead atoms. The maximum absolute atomic E-state index is 14.8. The average molecular weight is 588 g/mol. The lowest BCUT2D eigenvalue weighted by Crippen LogP contribution is -2.51. The third kappa shape index (κ3) is 7.56. The van der Waals surface area contributed by atoms with Crippen LogP contribution in [-0.2, 0) is 27.0 Å². The topological polar surface area (TPSA) is 92.5 Å². The number of ketones is 1. The van der Waals surface area contributed by atoms with Crippen LogP contribution in [0.4, 0.5) is 42.1 Å². The number of amides is 2. The number of fused-ring (bicyclic) bond motifs is 1. The van der Waals surface area contributed by atoms with Crippen LogP contribution >= 0.6 is 0 Å². The molecule has 0 aromatic heterocycles. The van der Waals surface area contributed by atoms with E-state index in [0.717, 1.165) is 37.1 Å². The van der Waals surface area contributed by atoms with E-state index in [0.29, 0.717) is 0 Å². The molecule has 4 rings (SSSR count). The minimum atomic E-state index is -4.70. The third-order valence-corrected chi connectivity index (χ3v) is 7.50. The molecule has 222 valence electrons. The van der Waals surface area contributed by atoms with E-state index >= 15 is 0 Å². The normalized spacial score (nSPS) is 19.2. The molecule has 3 atom stereocenters. The van der Waals surface area contributed by atoms with Gasteiger partial charge in [0.1, 0.15) is 11.9 Å². The molecule has 0 radical (unpaired) electrons. The number of nitrogens with zero attached hydrogens (tertiary/aromatic N) is 1. The van der Waals surface area contributed by atoms with Gasteiger partial charge in [0, 0.05) is 41.6 Å². The summed E-state index contributed by atoms with van der Waals surface area (Å²) < 4.78 is 94.6. The number of halogens is 7. The summed E-state index contributed by atoms with van der Waals surface area (Å²) >= 11 is 0. The molecule has 1 heterocycles. The van der Waals surface area contributed by atoms with Crippen molar-refractivity contribution < 1.29 is 45.1 Å². The number of anilines is 2. The van der Waals surface area contributed by atoms with Crippen molar-refractivity contribution in [3.05, 3.63) is 59.4 Å². The summed E-state index contributed by atoms with van der Waals surface area (Å²) in [5.74, 6) is -6.10. The van der Waals surface area contributed by atoms with Crippen molar-refractivity contribution >= 4 is 29.0 Å². The lowest BCUT2D eigenvalue weighted by atomic mass is 9.83. The molecule has 1 aliphatic carbocycles. The Balaban J connectivity index is 1.67. The highest BCUT2D eigenvalue weighted by Gasteiger charge is 2.41. The molecule has 3 N–H and O–H groups in total. The van der Waals surface area contributed by atoms with Crippen molar-refractivity contribution in [1.82, 2.24) is 5.32 Å². The summed E-state index contributed by atoms with van der Waals surface area (Å²) in [6, 6.07) is 6.50. The second kappa shape index (κ2) is 11.7. The van der Waals surface area contributed by atoms with Gasteiger partial charge in [-0.25, -0.2) is 4.39 Å². The van der Waals surface area contributed by atoms with Gasteiger partial charge in [0.2, 0.25) is 11.8 Å². The van der Waals surface area contributed by atoms with Crippen LogP contribution in [0.15, 0.2) is 42.5 Å². The number of carbonyl (C=O) groups excluding carboxylic acids is 3. The molecule has 6 nitrogen and oxygen atoms in total. The van der Waals surface area contributed by atoms with Gasteiger partial charge in [0.05, 0.1) is 12.1 Å². The van der Waals surface area contributed by atoms with Crippen molar-refractivity contribution in [2.45, 2.75) is 56.9 Å². The minimum absolute atomic E-state index is 0.0435. The van der Waals surface area contributed by atoms with Gasteiger partial charge in [-0.05, 0) is 49.1 Å². The Morgan fingerprint density at radius 1 is 1.02 bits per heavy atom. The van der Waals surface area contributed by atoms with Crippen molar-refractivity contribution in [2.24, 2.45) is 23.5 Å². The number of carbonyl (C=O) groups is 3. The third-order valence-electron chi connectivity index (χ3n) is 7.50. The first-order chi connectivity index (χ1) is 19.1. The number of rotatable bonds is 9. The summed E-state index contributed by atoms with van der Waals surface area (Å²) in [4.78, 5) is 40.1. The highest BCUT2D eigenvalue weighted by Crippen LogP contribution is 2.40. The Hall–Kier alpha value is -3.64. The molecule has 41 heavy (non-hydrogen) atoms. The van der Waals surface area contributed by atoms with Crippen LogP contribution < -0.4 is 16.0 Å². The Kier molecular flexibility index (Phi) is 8.65. The predicted molar refractivity (Wildman–Crippen MR) is 134 cm³/mol. The smallest absolute Gasteiger partial charge is 0.369 e. The zero-order valence-corrected chi connectivity index (χ0v) is 21.7. The van der Waals surface area contributed by atoms with Gasteiger partial charge in [-0.15, -0.1) is 0 Å². The van der Waals surface area contributed by atoms with Gasteiger partial charge in [-0.3, -0.25) is 14.4 Å². The fourth-order valence-corrected chi connectivity index (χ4v) is 5.18. The number of Topliss-reactive ketones (excluding diaryl/α,β-unsaturated/α-hetero) is 1. The molecule has 0 saturated heterocycles. The molecule has 2 aromatic rings. The van der Waals surface area contributed by atoms with E-state index in [2.05, 4.69) is 5.32 Å². The Labute approximate surface area is 231 Å². The van der Waals surface area contributed by atoms with E-state index in [1.165, 1.54) is 23.1 Å². The van der Waals surface area contributed by atoms with E-state index in [4.69, 9.17) is 5.73 Å². The van der Waals surface area contributed by atoms with Gasteiger partial charge in [-0.1, -0.05) is 25.0 Å². The summed E-state index contributed by atoms with van der Waals surface area (Å²) in [6.07, 6.45) is -10.4. The first-order valence-electron chi connectivity index (χ1n) is 13.1. The first-order valence-corrected chi connectivity index (χ1v) is 13.1. The first kappa shape index (κ1) is 30.3. The summed E-state index contributed by atoms with van der Waals surface area (Å²) in [5.41, 5.74) is 4.44. The van der Waals surface area contributed by atoms with E-state index in [1.807, 2.05) is 0 Å². The standard InChI is InChI=1S/C28H28F7N3O3/c29-21-5-2-6-23-20(21)13-24(39)22(14-38(23)17-4-1-3-16(12-17)28(33,34)35)37-26(41)18(9-10-27(30,31)32)19(25(36)40)11-15-7-8-15/h1-6,12,15,18-19,22H,7-11,13-14H2,(H2,36,40)(H,37,41)/t18-,19+,22+/m1/s1.